The van der Waals surface area contributed by atoms with E-state index in [0.29, 0.717) is 28.4 Å². The summed E-state index contributed by atoms with van der Waals surface area (Å²) in [6.07, 6.45) is 2.03. The number of thioether (sulfide) groups is 1. The van der Waals surface area contributed by atoms with Crippen LogP contribution in [0.15, 0.2) is 62.6 Å². The van der Waals surface area contributed by atoms with Crippen LogP contribution in [0.4, 0.5) is 5.69 Å². The van der Waals surface area contributed by atoms with Gasteiger partial charge in [-0.25, -0.2) is 0 Å². The molecule has 2 aromatic rings. The van der Waals surface area contributed by atoms with Crippen molar-refractivity contribution in [3.8, 4) is 6.07 Å². The Morgan fingerprint density at radius 3 is 2.76 bits per heavy atom. The van der Waals surface area contributed by atoms with Crippen molar-refractivity contribution >= 4 is 46.2 Å². The predicted octanol–water partition coefficient (Wildman–Crippen LogP) is 5.82. The van der Waals surface area contributed by atoms with E-state index in [4.69, 9.17) is 17.3 Å². The van der Waals surface area contributed by atoms with E-state index in [1.165, 1.54) is 0 Å². The van der Waals surface area contributed by atoms with Gasteiger partial charge in [-0.2, -0.15) is 5.26 Å². The first-order chi connectivity index (χ1) is 14.1. The number of rotatable bonds is 4. The Balaban J connectivity index is 1.94. The summed E-state index contributed by atoms with van der Waals surface area (Å²) in [5, 5.41) is 12.7. The number of nitrogens with two attached hydrogens (primary N) is 1. The van der Waals surface area contributed by atoms with Gasteiger partial charge in [0, 0.05) is 28.4 Å². The topological polar surface area (TPSA) is 70.1 Å². The summed E-state index contributed by atoms with van der Waals surface area (Å²) >= 11 is 9.45. The standard InChI is InChI=1S/C22H20ClN3OS2/c1-2-28-22-15(10-11-29-22)19-16(12-24)21(25)26(14-8-6-13(23)7-9-14)17-4-3-5-18(27)20(17)19/h6-11,19H,2-5,25H2,1H3/t19-/m0/s1. The fraction of sp³-hybridized carbons (Fsp3) is 0.273. The van der Waals surface area contributed by atoms with Crippen LogP contribution in [0.2, 0.25) is 5.02 Å². The molecule has 1 atom stereocenters. The molecule has 0 unspecified atom stereocenters. The van der Waals surface area contributed by atoms with Crippen LogP contribution in [0.5, 0.6) is 0 Å². The number of hydrogen-bond acceptors (Lipinski definition) is 6. The van der Waals surface area contributed by atoms with Crippen molar-refractivity contribution in [1.29, 1.82) is 5.26 Å². The molecule has 4 rings (SSSR count). The number of benzene rings is 1. The number of nitrogens with zero attached hydrogens (tertiary/aromatic N) is 2. The Hall–Kier alpha value is -2.20. The summed E-state index contributed by atoms with van der Waals surface area (Å²) in [5.74, 6) is 1.03. The van der Waals surface area contributed by atoms with E-state index in [2.05, 4.69) is 13.0 Å². The van der Waals surface area contributed by atoms with Gasteiger partial charge < -0.3 is 5.73 Å². The summed E-state index contributed by atoms with van der Waals surface area (Å²) in [5.41, 5.74) is 10.5. The molecule has 0 bridgehead atoms. The maximum atomic E-state index is 13.1. The molecular weight excluding hydrogens is 422 g/mol. The number of nitriles is 1. The van der Waals surface area contributed by atoms with E-state index in [-0.39, 0.29) is 5.78 Å². The Bertz CT molecular complexity index is 1060. The largest absolute Gasteiger partial charge is 0.384 e. The quantitative estimate of drug-likeness (QED) is 0.605. The van der Waals surface area contributed by atoms with Crippen molar-refractivity contribution < 1.29 is 4.79 Å². The lowest BCUT2D eigenvalue weighted by Crippen LogP contribution is -2.38. The lowest BCUT2D eigenvalue weighted by Gasteiger charge is -2.39. The third kappa shape index (κ3) is 3.48. The van der Waals surface area contributed by atoms with Gasteiger partial charge in [-0.3, -0.25) is 9.69 Å². The lowest BCUT2D eigenvalue weighted by atomic mass is 9.76. The number of ketones is 1. The summed E-state index contributed by atoms with van der Waals surface area (Å²) in [7, 11) is 0. The minimum absolute atomic E-state index is 0.106. The first-order valence-electron chi connectivity index (χ1n) is 9.48. The summed E-state index contributed by atoms with van der Waals surface area (Å²) < 4.78 is 1.14. The van der Waals surface area contributed by atoms with Gasteiger partial charge >= 0.3 is 0 Å². The van der Waals surface area contributed by atoms with E-state index in [1.54, 1.807) is 35.2 Å². The molecule has 1 aliphatic heterocycles. The van der Waals surface area contributed by atoms with Gasteiger partial charge in [0.2, 0.25) is 0 Å². The van der Waals surface area contributed by atoms with Gasteiger partial charge in [-0.05, 0) is 59.9 Å². The third-order valence-electron chi connectivity index (χ3n) is 5.24. The molecule has 0 spiro atoms. The number of halogens is 1. The molecule has 0 amide bonds. The SMILES string of the molecule is CCSc1sccc1[C@H]1C(C#N)=C(N)N(c2ccc(Cl)cc2)C2=C1C(=O)CCC2. The van der Waals surface area contributed by atoms with Crippen LogP contribution in [0.1, 0.15) is 37.7 Å². The molecule has 0 radical (unpaired) electrons. The molecule has 0 fully saturated rings. The molecule has 4 nitrogen and oxygen atoms in total. The second-order valence-electron chi connectivity index (χ2n) is 6.89. The Labute approximate surface area is 183 Å². The molecule has 0 saturated carbocycles. The number of hydrogen-bond donors (Lipinski definition) is 1. The fourth-order valence-electron chi connectivity index (χ4n) is 4.05. The highest BCUT2D eigenvalue weighted by molar-refractivity contribution is 8.01. The van der Waals surface area contributed by atoms with Crippen LogP contribution in [0.25, 0.3) is 0 Å². The second kappa shape index (κ2) is 8.27. The van der Waals surface area contributed by atoms with Gasteiger partial charge in [-0.15, -0.1) is 23.1 Å². The number of carbonyl (C=O) groups is 1. The molecular formula is C22H20ClN3OS2. The van der Waals surface area contributed by atoms with E-state index < -0.39 is 5.92 Å². The predicted molar refractivity (Wildman–Crippen MR) is 120 cm³/mol. The maximum Gasteiger partial charge on any atom is 0.161 e. The van der Waals surface area contributed by atoms with Crippen LogP contribution in [-0.4, -0.2) is 11.5 Å². The minimum atomic E-state index is -0.397. The molecule has 2 N–H and O–H groups in total. The first kappa shape index (κ1) is 20.1. The highest BCUT2D eigenvalue weighted by Crippen LogP contribution is 2.49. The average molecular weight is 442 g/mol. The summed E-state index contributed by atoms with van der Waals surface area (Å²) in [4.78, 5) is 15.0. The number of carbonyl (C=O) groups excluding carboxylic acids is 1. The average Bonchev–Trinajstić information content (AvgIpc) is 3.16. The van der Waals surface area contributed by atoms with Gasteiger partial charge in [0.15, 0.2) is 5.78 Å². The molecule has 2 heterocycles. The molecule has 1 aromatic carbocycles. The van der Waals surface area contributed by atoms with Gasteiger partial charge in [-0.1, -0.05) is 18.5 Å². The number of Topliss-reactive ketones (excluding diaryl/α,β-unsaturated/α-hetero) is 1. The zero-order chi connectivity index (χ0) is 20.5. The normalized spacial score (nSPS) is 19.4. The first-order valence-corrected chi connectivity index (χ1v) is 11.7. The van der Waals surface area contributed by atoms with Crippen molar-refractivity contribution in [2.45, 2.75) is 36.3 Å². The number of allylic oxidation sites excluding steroid dienone is 3. The summed E-state index contributed by atoms with van der Waals surface area (Å²) in [6.45, 7) is 2.10. The van der Waals surface area contributed by atoms with Crippen LogP contribution in [0.3, 0.4) is 0 Å². The van der Waals surface area contributed by atoms with E-state index in [0.717, 1.165) is 39.8 Å². The monoisotopic (exact) mass is 441 g/mol. The zero-order valence-corrected chi connectivity index (χ0v) is 18.3. The van der Waals surface area contributed by atoms with Crippen LogP contribution in [-0.2, 0) is 4.79 Å². The van der Waals surface area contributed by atoms with E-state index >= 15 is 0 Å². The summed E-state index contributed by atoms with van der Waals surface area (Å²) in [6, 6.07) is 11.7. The Morgan fingerprint density at radius 1 is 1.31 bits per heavy atom. The zero-order valence-electron chi connectivity index (χ0n) is 15.9. The Kier molecular flexibility index (Phi) is 5.73. The number of anilines is 1. The van der Waals surface area contributed by atoms with Crippen molar-refractivity contribution in [3.63, 3.8) is 0 Å². The smallest absolute Gasteiger partial charge is 0.161 e. The fourth-order valence-corrected chi connectivity index (χ4v) is 6.24. The Morgan fingerprint density at radius 2 is 2.07 bits per heavy atom. The molecule has 29 heavy (non-hydrogen) atoms. The van der Waals surface area contributed by atoms with Gasteiger partial charge in [0.1, 0.15) is 5.82 Å². The molecule has 1 aliphatic carbocycles. The van der Waals surface area contributed by atoms with Crippen LogP contribution in [0, 0.1) is 11.3 Å². The van der Waals surface area contributed by atoms with Crippen molar-refractivity contribution in [2.24, 2.45) is 5.73 Å². The molecule has 2 aliphatic rings. The third-order valence-corrected chi connectivity index (χ3v) is 7.65. The number of thiophene rings is 1. The lowest BCUT2D eigenvalue weighted by molar-refractivity contribution is -0.116. The highest BCUT2D eigenvalue weighted by atomic mass is 35.5. The second-order valence-corrected chi connectivity index (χ2v) is 9.77. The van der Waals surface area contributed by atoms with E-state index in [9.17, 15) is 10.1 Å². The van der Waals surface area contributed by atoms with Gasteiger partial charge in [0.25, 0.3) is 0 Å². The van der Waals surface area contributed by atoms with Crippen molar-refractivity contribution in [3.05, 3.63) is 69.0 Å². The van der Waals surface area contributed by atoms with Gasteiger partial charge in [0.05, 0.1) is 21.8 Å². The minimum Gasteiger partial charge on any atom is -0.384 e. The van der Waals surface area contributed by atoms with Crippen molar-refractivity contribution in [2.75, 3.05) is 10.7 Å². The molecule has 0 saturated heterocycles. The van der Waals surface area contributed by atoms with Crippen LogP contribution >= 0.6 is 34.7 Å². The maximum absolute atomic E-state index is 13.1. The van der Waals surface area contributed by atoms with Crippen molar-refractivity contribution in [1.82, 2.24) is 0 Å². The molecule has 7 heteroatoms. The van der Waals surface area contributed by atoms with E-state index in [1.807, 2.05) is 28.5 Å². The van der Waals surface area contributed by atoms with Crippen LogP contribution < -0.4 is 10.6 Å². The molecule has 148 valence electrons. The highest BCUT2D eigenvalue weighted by Gasteiger charge is 2.41. The molecule has 1 aromatic heterocycles.